The number of esters is 3. The molecular formula is C20H25F9O6. The smallest absolute Gasteiger partial charge is 0.434 e. The van der Waals surface area contributed by atoms with Crippen molar-refractivity contribution in [3.05, 3.63) is 0 Å². The zero-order chi connectivity index (χ0) is 28.0. The van der Waals surface area contributed by atoms with E-state index in [9.17, 15) is 53.9 Å². The fourth-order valence-electron chi connectivity index (χ4n) is 3.55. The SMILES string of the molecule is CC(OC(=O)C(OC(=O)C1(CC(C)(C)C)CC1(C)C)C(=O)OC(C(F)(F)F)C(F)(F)F)C(F)(F)F. The van der Waals surface area contributed by atoms with Gasteiger partial charge in [0.15, 0.2) is 6.10 Å². The summed E-state index contributed by atoms with van der Waals surface area (Å²) < 4.78 is 127. The average Bonchev–Trinajstić information content (AvgIpc) is 3.13. The Bertz CT molecular complexity index is 809. The Hall–Kier alpha value is -2.22. The molecule has 1 fully saturated rings. The molecule has 15 heteroatoms. The first-order valence-electron chi connectivity index (χ1n) is 10.1. The molecule has 1 aliphatic rings. The van der Waals surface area contributed by atoms with Crippen LogP contribution in [0.1, 0.15) is 54.4 Å². The number of halogens is 9. The van der Waals surface area contributed by atoms with Crippen LogP contribution in [0.4, 0.5) is 39.5 Å². The predicted octanol–water partition coefficient (Wildman–Crippen LogP) is 5.28. The minimum absolute atomic E-state index is 0.0509. The Labute approximate surface area is 194 Å². The minimum Gasteiger partial charge on any atom is -0.450 e. The number of hydrogen-bond donors (Lipinski definition) is 0. The van der Waals surface area contributed by atoms with Gasteiger partial charge in [0.25, 0.3) is 12.2 Å². The molecule has 1 rings (SSSR count). The third-order valence-corrected chi connectivity index (χ3v) is 5.37. The molecule has 35 heavy (non-hydrogen) atoms. The summed E-state index contributed by atoms with van der Waals surface area (Å²) in [7, 11) is 0. The monoisotopic (exact) mass is 532 g/mol. The second-order valence-electron chi connectivity index (χ2n) is 10.2. The van der Waals surface area contributed by atoms with Gasteiger partial charge in [-0.05, 0) is 30.6 Å². The van der Waals surface area contributed by atoms with Gasteiger partial charge in [-0.3, -0.25) is 4.79 Å². The molecule has 0 heterocycles. The van der Waals surface area contributed by atoms with Crippen LogP contribution in [0, 0.1) is 16.2 Å². The third kappa shape index (κ3) is 7.63. The van der Waals surface area contributed by atoms with Crippen molar-refractivity contribution in [1.29, 1.82) is 0 Å². The first-order valence-corrected chi connectivity index (χ1v) is 10.1. The topological polar surface area (TPSA) is 78.9 Å². The fraction of sp³-hybridized carbons (Fsp3) is 0.850. The first kappa shape index (κ1) is 30.8. The van der Waals surface area contributed by atoms with Crippen LogP contribution in [-0.2, 0) is 28.6 Å². The second kappa shape index (κ2) is 9.34. The Morgan fingerprint density at radius 1 is 0.771 bits per heavy atom. The highest BCUT2D eigenvalue weighted by Gasteiger charge is 2.69. The second-order valence-corrected chi connectivity index (χ2v) is 10.2. The van der Waals surface area contributed by atoms with E-state index in [0.29, 0.717) is 0 Å². The van der Waals surface area contributed by atoms with Crippen LogP contribution in [0.15, 0.2) is 0 Å². The molecule has 1 saturated carbocycles. The van der Waals surface area contributed by atoms with Crippen molar-refractivity contribution in [3.8, 4) is 0 Å². The molecule has 0 N–H and O–H groups in total. The summed E-state index contributed by atoms with van der Waals surface area (Å²) >= 11 is 0. The number of carbonyl (C=O) groups excluding carboxylic acids is 3. The summed E-state index contributed by atoms with van der Waals surface area (Å²) in [6.07, 6.45) is -28.4. The van der Waals surface area contributed by atoms with E-state index in [-0.39, 0.29) is 19.8 Å². The van der Waals surface area contributed by atoms with Gasteiger partial charge in [-0.1, -0.05) is 34.6 Å². The van der Waals surface area contributed by atoms with E-state index in [1.165, 1.54) is 0 Å². The molecular weight excluding hydrogens is 507 g/mol. The molecule has 3 atom stereocenters. The molecule has 0 aromatic heterocycles. The number of rotatable bonds is 7. The van der Waals surface area contributed by atoms with Crippen molar-refractivity contribution in [2.45, 2.75) is 91.2 Å². The van der Waals surface area contributed by atoms with Gasteiger partial charge in [-0.2, -0.15) is 39.5 Å². The van der Waals surface area contributed by atoms with Gasteiger partial charge in [0.2, 0.25) is 0 Å². The highest BCUT2D eigenvalue weighted by atomic mass is 19.4. The van der Waals surface area contributed by atoms with E-state index in [4.69, 9.17) is 0 Å². The van der Waals surface area contributed by atoms with Crippen molar-refractivity contribution < 1.29 is 68.1 Å². The van der Waals surface area contributed by atoms with Gasteiger partial charge >= 0.3 is 36.4 Å². The number of hydrogen-bond acceptors (Lipinski definition) is 6. The molecule has 0 bridgehead atoms. The minimum atomic E-state index is -6.20. The summed E-state index contributed by atoms with van der Waals surface area (Å²) in [5.41, 5.74) is -2.83. The molecule has 0 saturated heterocycles. The van der Waals surface area contributed by atoms with Crippen LogP contribution in [-0.4, -0.2) is 54.7 Å². The highest BCUT2D eigenvalue weighted by molar-refractivity contribution is 6.00. The maximum Gasteiger partial charge on any atom is 0.434 e. The molecule has 0 aliphatic heterocycles. The summed E-state index contributed by atoms with van der Waals surface area (Å²) in [5.74, 6) is -6.42. The largest absolute Gasteiger partial charge is 0.450 e. The van der Waals surface area contributed by atoms with Crippen molar-refractivity contribution in [3.63, 3.8) is 0 Å². The Morgan fingerprint density at radius 3 is 1.49 bits per heavy atom. The van der Waals surface area contributed by atoms with E-state index >= 15 is 0 Å². The molecule has 204 valence electrons. The highest BCUT2D eigenvalue weighted by Crippen LogP contribution is 2.68. The van der Waals surface area contributed by atoms with Crippen LogP contribution in [0.25, 0.3) is 0 Å². The summed E-state index contributed by atoms with van der Waals surface area (Å²) in [6.45, 7) is 8.50. The molecule has 3 unspecified atom stereocenters. The predicted molar refractivity (Wildman–Crippen MR) is 98.4 cm³/mol. The van der Waals surface area contributed by atoms with Gasteiger partial charge in [0.05, 0.1) is 5.41 Å². The average molecular weight is 532 g/mol. The maximum atomic E-state index is 12.9. The van der Waals surface area contributed by atoms with Gasteiger partial charge in [0.1, 0.15) is 0 Å². The van der Waals surface area contributed by atoms with E-state index < -0.39 is 71.0 Å². The third-order valence-electron chi connectivity index (χ3n) is 5.37. The van der Waals surface area contributed by atoms with Gasteiger partial charge in [0, 0.05) is 0 Å². The number of alkyl halides is 9. The Kier molecular flexibility index (Phi) is 8.22. The van der Waals surface area contributed by atoms with Crippen molar-refractivity contribution >= 4 is 17.9 Å². The summed E-state index contributed by atoms with van der Waals surface area (Å²) in [4.78, 5) is 37.3. The van der Waals surface area contributed by atoms with Crippen molar-refractivity contribution in [2.75, 3.05) is 0 Å². The lowest BCUT2D eigenvalue weighted by atomic mass is 9.79. The standard InChI is InChI=1S/C20H25F9O6/c1-9(18(21,22)23)33-11(30)10(12(31)35-13(19(24,25)26)20(27,28)29)34-14(32)17(7-15(2,3)4)8-16(17,5)6/h9-10,13H,7-8H2,1-6H3. The van der Waals surface area contributed by atoms with E-state index in [0.717, 1.165) is 0 Å². The van der Waals surface area contributed by atoms with Gasteiger partial charge in [-0.25, -0.2) is 9.59 Å². The quantitative estimate of drug-likeness (QED) is 0.192. The normalized spacial score (nSPS) is 22.3. The lowest BCUT2D eigenvalue weighted by Gasteiger charge is -2.29. The summed E-state index contributed by atoms with van der Waals surface area (Å²) in [6, 6.07) is 0. The molecule has 0 amide bonds. The lowest BCUT2D eigenvalue weighted by Crippen LogP contribution is -2.50. The van der Waals surface area contributed by atoms with Crippen LogP contribution in [0.5, 0.6) is 0 Å². The van der Waals surface area contributed by atoms with Crippen molar-refractivity contribution in [2.24, 2.45) is 16.2 Å². The zero-order valence-corrected chi connectivity index (χ0v) is 19.5. The van der Waals surface area contributed by atoms with E-state index in [2.05, 4.69) is 14.2 Å². The number of ether oxygens (including phenoxy) is 3. The Morgan fingerprint density at radius 2 is 1.17 bits per heavy atom. The van der Waals surface area contributed by atoms with Crippen LogP contribution in [0.3, 0.4) is 0 Å². The van der Waals surface area contributed by atoms with E-state index in [1.54, 1.807) is 34.6 Å². The van der Waals surface area contributed by atoms with Crippen LogP contribution < -0.4 is 0 Å². The first-order chi connectivity index (χ1) is 15.2. The maximum absolute atomic E-state index is 12.9. The summed E-state index contributed by atoms with van der Waals surface area (Å²) in [5, 5.41) is 0. The molecule has 1 aliphatic carbocycles. The van der Waals surface area contributed by atoms with Gasteiger partial charge in [-0.15, -0.1) is 0 Å². The molecule has 0 radical (unpaired) electrons. The fourth-order valence-corrected chi connectivity index (χ4v) is 3.55. The van der Waals surface area contributed by atoms with Gasteiger partial charge < -0.3 is 14.2 Å². The van der Waals surface area contributed by atoms with E-state index in [1.807, 2.05) is 0 Å². The number of carbonyl (C=O) groups is 3. The molecule has 6 nitrogen and oxygen atoms in total. The molecule has 0 spiro atoms. The Balaban J connectivity index is 3.34. The zero-order valence-electron chi connectivity index (χ0n) is 19.5. The molecule has 0 aromatic carbocycles. The lowest BCUT2D eigenvalue weighted by molar-refractivity contribution is -0.315. The van der Waals surface area contributed by atoms with Crippen LogP contribution in [0.2, 0.25) is 0 Å². The van der Waals surface area contributed by atoms with Crippen LogP contribution >= 0.6 is 0 Å². The molecule has 0 aromatic rings. The van der Waals surface area contributed by atoms with Crippen molar-refractivity contribution in [1.82, 2.24) is 0 Å².